The Kier molecular flexibility index (Phi) is 6.25. The number of hydrogen-bond donors (Lipinski definition) is 0. The molecule has 2 aliphatic heterocycles. The van der Waals surface area contributed by atoms with E-state index in [9.17, 15) is 12.8 Å². The zero-order valence-electron chi connectivity index (χ0n) is 20.1. The molecule has 0 aliphatic carbocycles. The maximum absolute atomic E-state index is 14.8. The lowest BCUT2D eigenvalue weighted by molar-refractivity contribution is 0.137. The molecule has 0 amide bonds. The van der Waals surface area contributed by atoms with Gasteiger partial charge in [-0.25, -0.2) is 12.8 Å². The van der Waals surface area contributed by atoms with E-state index in [1.54, 1.807) is 18.3 Å². The fourth-order valence-corrected chi connectivity index (χ4v) is 5.58. The van der Waals surface area contributed by atoms with Gasteiger partial charge in [-0.15, -0.1) is 0 Å². The Labute approximate surface area is 204 Å². The third-order valence-electron chi connectivity index (χ3n) is 6.67. The molecule has 0 spiro atoms. The molecule has 1 saturated heterocycles. The van der Waals surface area contributed by atoms with Crippen molar-refractivity contribution in [3.63, 3.8) is 0 Å². The molecule has 0 saturated carbocycles. The summed E-state index contributed by atoms with van der Waals surface area (Å²) in [6, 6.07) is 6.96. The molecule has 10 heteroatoms. The first-order valence-electron chi connectivity index (χ1n) is 11.9. The van der Waals surface area contributed by atoms with Gasteiger partial charge in [0.15, 0.2) is 15.7 Å². The Hall–Kier alpha value is -3.01. The highest BCUT2D eigenvalue weighted by molar-refractivity contribution is 7.89. The van der Waals surface area contributed by atoms with Crippen LogP contribution in [0.2, 0.25) is 0 Å². The number of anilines is 1. The molecule has 4 heterocycles. The van der Waals surface area contributed by atoms with Crippen LogP contribution in [0, 0.1) is 11.7 Å². The molecule has 1 unspecified atom stereocenters. The molecule has 1 aromatic carbocycles. The second-order valence-electron chi connectivity index (χ2n) is 9.84. The summed E-state index contributed by atoms with van der Waals surface area (Å²) in [6.45, 7) is 5.74. The average Bonchev–Trinajstić information content (AvgIpc) is 3.45. The average molecular weight is 501 g/mol. The molecular weight excluding hydrogens is 471 g/mol. The smallest absolute Gasteiger partial charge is 0.324 e. The number of piperidine rings is 1. The van der Waals surface area contributed by atoms with Gasteiger partial charge in [0.05, 0.1) is 17.6 Å². The van der Waals surface area contributed by atoms with Gasteiger partial charge in [0.25, 0.3) is 0 Å². The first-order chi connectivity index (χ1) is 16.7. The Bertz CT molecular complexity index is 1330. The van der Waals surface area contributed by atoms with Crippen molar-refractivity contribution in [1.29, 1.82) is 0 Å². The lowest BCUT2D eigenvalue weighted by atomic mass is 9.89. The third kappa shape index (κ3) is 5.17. The predicted octanol–water partition coefficient (Wildman–Crippen LogP) is 4.16. The van der Waals surface area contributed by atoms with E-state index >= 15 is 0 Å². The number of benzene rings is 1. The minimum absolute atomic E-state index is 0.0556. The summed E-state index contributed by atoms with van der Waals surface area (Å²) in [5, 5.41) is 4.06. The van der Waals surface area contributed by atoms with Gasteiger partial charge in [-0.05, 0) is 42.5 Å². The predicted molar refractivity (Wildman–Crippen MR) is 130 cm³/mol. The molecule has 1 fully saturated rings. The van der Waals surface area contributed by atoms with E-state index in [4.69, 9.17) is 9.26 Å². The first kappa shape index (κ1) is 23.7. The van der Waals surface area contributed by atoms with E-state index in [1.807, 2.05) is 19.9 Å². The van der Waals surface area contributed by atoms with Gasteiger partial charge in [-0.2, -0.15) is 4.98 Å². The Balaban J connectivity index is 1.24. The Morgan fingerprint density at radius 1 is 1.20 bits per heavy atom. The topological polar surface area (TPSA) is 98.4 Å². The SMILES string of the molecule is CC(C)c1noc(N2CCC(C3Cc4cc(-c5ccc(CS(C)(=O)=O)cc5F)ncc4O3)CC2)n1. The van der Waals surface area contributed by atoms with Crippen LogP contribution in [0.15, 0.2) is 35.0 Å². The zero-order chi connectivity index (χ0) is 24.7. The maximum Gasteiger partial charge on any atom is 0.324 e. The number of ether oxygens (including phenoxy) is 1. The molecule has 3 aromatic rings. The normalized spacial score (nSPS) is 18.7. The fourth-order valence-electron chi connectivity index (χ4n) is 4.79. The van der Waals surface area contributed by atoms with Crippen LogP contribution in [-0.2, 0) is 22.0 Å². The van der Waals surface area contributed by atoms with E-state index in [0.29, 0.717) is 28.8 Å². The second kappa shape index (κ2) is 9.22. The van der Waals surface area contributed by atoms with Crippen LogP contribution >= 0.6 is 0 Å². The van der Waals surface area contributed by atoms with Gasteiger partial charge in [0.2, 0.25) is 0 Å². The van der Waals surface area contributed by atoms with Crippen LogP contribution in [0.3, 0.4) is 0 Å². The number of sulfone groups is 1. The molecule has 35 heavy (non-hydrogen) atoms. The lowest BCUT2D eigenvalue weighted by Gasteiger charge is -2.33. The highest BCUT2D eigenvalue weighted by atomic mass is 32.2. The molecule has 2 aliphatic rings. The van der Waals surface area contributed by atoms with Crippen molar-refractivity contribution in [2.24, 2.45) is 5.92 Å². The summed E-state index contributed by atoms with van der Waals surface area (Å²) in [5.41, 5.74) is 2.30. The summed E-state index contributed by atoms with van der Waals surface area (Å²) in [6.07, 6.45) is 5.51. The van der Waals surface area contributed by atoms with Gasteiger partial charge in [0.1, 0.15) is 17.7 Å². The van der Waals surface area contributed by atoms with Crippen LogP contribution in [0.4, 0.5) is 10.4 Å². The van der Waals surface area contributed by atoms with Crippen LogP contribution in [-0.4, -0.2) is 49.0 Å². The van der Waals surface area contributed by atoms with E-state index in [0.717, 1.165) is 55.7 Å². The van der Waals surface area contributed by atoms with Crippen molar-refractivity contribution in [2.45, 2.75) is 50.9 Å². The quantitative estimate of drug-likeness (QED) is 0.498. The fraction of sp³-hybridized carbons (Fsp3) is 0.480. The standard InChI is InChI=1S/C25H29FN4O4S/c1-15(2)24-28-25(34-29-24)30-8-6-17(7-9-30)22-12-18-11-21(27-13-23(18)33-22)19-5-4-16(10-20(19)26)14-35(3,31)32/h4-5,10-11,13,15,17,22H,6-9,12,14H2,1-3H3. The molecule has 5 rings (SSSR count). The van der Waals surface area contributed by atoms with Crippen molar-refractivity contribution in [3.8, 4) is 17.0 Å². The van der Waals surface area contributed by atoms with Crippen LogP contribution in [0.25, 0.3) is 11.3 Å². The molecular formula is C25H29FN4O4S. The molecule has 186 valence electrons. The summed E-state index contributed by atoms with van der Waals surface area (Å²) < 4.78 is 49.4. The van der Waals surface area contributed by atoms with Gasteiger partial charge in [0, 0.05) is 42.8 Å². The largest absolute Gasteiger partial charge is 0.488 e. The highest BCUT2D eigenvalue weighted by Gasteiger charge is 2.34. The monoisotopic (exact) mass is 500 g/mol. The molecule has 0 radical (unpaired) electrons. The third-order valence-corrected chi connectivity index (χ3v) is 7.53. The van der Waals surface area contributed by atoms with Crippen LogP contribution in [0.1, 0.15) is 49.6 Å². The Morgan fingerprint density at radius 3 is 2.63 bits per heavy atom. The maximum atomic E-state index is 14.8. The van der Waals surface area contributed by atoms with Gasteiger partial charge >= 0.3 is 6.01 Å². The minimum atomic E-state index is -3.23. The number of hydrogen-bond acceptors (Lipinski definition) is 8. The summed E-state index contributed by atoms with van der Waals surface area (Å²) in [7, 11) is -3.23. The molecule has 8 nitrogen and oxygen atoms in total. The van der Waals surface area contributed by atoms with Crippen molar-refractivity contribution in [3.05, 3.63) is 53.2 Å². The van der Waals surface area contributed by atoms with Gasteiger partial charge < -0.3 is 14.2 Å². The molecule has 0 bridgehead atoms. The van der Waals surface area contributed by atoms with Gasteiger partial charge in [-0.3, -0.25) is 4.98 Å². The number of nitrogens with zero attached hydrogens (tertiary/aromatic N) is 4. The van der Waals surface area contributed by atoms with Crippen molar-refractivity contribution >= 4 is 15.9 Å². The zero-order valence-corrected chi connectivity index (χ0v) is 20.9. The number of aromatic nitrogens is 3. The van der Waals surface area contributed by atoms with Gasteiger partial charge in [-0.1, -0.05) is 25.1 Å². The van der Waals surface area contributed by atoms with E-state index in [2.05, 4.69) is 20.0 Å². The highest BCUT2D eigenvalue weighted by Crippen LogP contribution is 2.37. The minimum Gasteiger partial charge on any atom is -0.488 e. The number of fused-ring (bicyclic) bond motifs is 1. The summed E-state index contributed by atoms with van der Waals surface area (Å²) in [4.78, 5) is 11.1. The lowest BCUT2D eigenvalue weighted by Crippen LogP contribution is -2.39. The van der Waals surface area contributed by atoms with Crippen molar-refractivity contribution in [1.82, 2.24) is 15.1 Å². The molecule has 2 aromatic heterocycles. The van der Waals surface area contributed by atoms with Crippen molar-refractivity contribution < 1.29 is 22.1 Å². The van der Waals surface area contributed by atoms with E-state index < -0.39 is 15.7 Å². The van der Waals surface area contributed by atoms with Crippen LogP contribution < -0.4 is 9.64 Å². The van der Waals surface area contributed by atoms with E-state index in [1.165, 1.54) is 6.07 Å². The molecule has 1 atom stereocenters. The van der Waals surface area contributed by atoms with E-state index in [-0.39, 0.29) is 17.8 Å². The molecule has 0 N–H and O–H groups in total. The number of halogens is 1. The van der Waals surface area contributed by atoms with Crippen molar-refractivity contribution in [2.75, 3.05) is 24.2 Å². The number of rotatable bonds is 6. The Morgan fingerprint density at radius 2 is 1.97 bits per heavy atom. The summed E-state index contributed by atoms with van der Waals surface area (Å²) in [5.74, 6) is 1.41. The van der Waals surface area contributed by atoms with Crippen LogP contribution in [0.5, 0.6) is 5.75 Å². The first-order valence-corrected chi connectivity index (χ1v) is 13.9. The second-order valence-corrected chi connectivity index (χ2v) is 12.0. The summed E-state index contributed by atoms with van der Waals surface area (Å²) >= 11 is 0. The number of pyridine rings is 1.